The molecule has 0 aromatic heterocycles. The number of likely N-dealkylation sites (tertiary alicyclic amines) is 1. The van der Waals surface area contributed by atoms with E-state index in [4.69, 9.17) is 5.73 Å². The van der Waals surface area contributed by atoms with Gasteiger partial charge < -0.3 is 10.6 Å². The number of likely N-dealkylation sites (N-methyl/N-ethyl adjacent to an activating group) is 1. The van der Waals surface area contributed by atoms with Crippen molar-refractivity contribution >= 4 is 21.8 Å². The monoisotopic (exact) mass is 357 g/mol. The van der Waals surface area contributed by atoms with Crippen LogP contribution in [0.25, 0.3) is 0 Å². The second-order valence-corrected chi connectivity index (χ2v) is 7.82. The summed E-state index contributed by atoms with van der Waals surface area (Å²) in [6.45, 7) is 0.425. The second kappa shape index (κ2) is 7.27. The molecule has 1 fully saturated rings. The van der Waals surface area contributed by atoms with Crippen LogP contribution in [0.2, 0.25) is 0 Å². The molecule has 0 saturated carbocycles. The number of rotatable bonds is 5. The minimum absolute atomic E-state index is 0.0772. The molecule has 132 valence electrons. The molecule has 7 nitrogen and oxygen atoms in total. The van der Waals surface area contributed by atoms with Gasteiger partial charge in [0, 0.05) is 26.1 Å². The highest BCUT2D eigenvalue weighted by Gasteiger charge is 2.29. The van der Waals surface area contributed by atoms with Crippen molar-refractivity contribution in [2.24, 2.45) is 11.7 Å². The molecule has 0 spiro atoms. The predicted molar refractivity (Wildman–Crippen MR) is 84.7 cm³/mol. The highest BCUT2D eigenvalue weighted by atomic mass is 32.2. The van der Waals surface area contributed by atoms with Gasteiger partial charge >= 0.3 is 0 Å². The summed E-state index contributed by atoms with van der Waals surface area (Å²) in [7, 11) is -2.57. The van der Waals surface area contributed by atoms with Crippen molar-refractivity contribution in [3.05, 3.63) is 30.1 Å². The van der Waals surface area contributed by atoms with Gasteiger partial charge in [0.15, 0.2) is 0 Å². The number of carbonyl (C=O) groups is 2. The molecule has 1 saturated heterocycles. The van der Waals surface area contributed by atoms with E-state index in [1.54, 1.807) is 0 Å². The summed E-state index contributed by atoms with van der Waals surface area (Å²) < 4.78 is 38.6. The van der Waals surface area contributed by atoms with Crippen LogP contribution in [0.4, 0.5) is 4.39 Å². The normalized spacial score (nSPS) is 16.4. The van der Waals surface area contributed by atoms with E-state index in [1.165, 1.54) is 11.9 Å². The maximum absolute atomic E-state index is 12.9. The van der Waals surface area contributed by atoms with Crippen molar-refractivity contribution in [1.29, 1.82) is 0 Å². The highest BCUT2D eigenvalue weighted by Crippen LogP contribution is 2.18. The van der Waals surface area contributed by atoms with Crippen LogP contribution < -0.4 is 5.73 Å². The maximum atomic E-state index is 12.9. The number of halogens is 1. The topological polar surface area (TPSA) is 101 Å². The third kappa shape index (κ3) is 4.09. The van der Waals surface area contributed by atoms with Crippen LogP contribution in [0.1, 0.15) is 12.8 Å². The third-order valence-corrected chi connectivity index (χ3v) is 5.95. The van der Waals surface area contributed by atoms with E-state index >= 15 is 0 Å². The smallest absolute Gasteiger partial charge is 0.243 e. The Labute approximate surface area is 140 Å². The Bertz CT molecular complexity index is 713. The van der Waals surface area contributed by atoms with Crippen LogP contribution >= 0.6 is 0 Å². The first kappa shape index (κ1) is 18.3. The Balaban J connectivity index is 1.98. The number of piperidine rings is 1. The molecular weight excluding hydrogens is 337 g/mol. The molecule has 0 radical (unpaired) electrons. The Morgan fingerprint density at radius 2 is 1.79 bits per heavy atom. The number of hydrogen-bond acceptors (Lipinski definition) is 4. The summed E-state index contributed by atoms with van der Waals surface area (Å²) in [6.07, 6.45) is 0.963. The van der Waals surface area contributed by atoms with Gasteiger partial charge in [-0.2, -0.15) is 4.31 Å². The van der Waals surface area contributed by atoms with Gasteiger partial charge in [-0.05, 0) is 37.1 Å². The Morgan fingerprint density at radius 3 is 2.29 bits per heavy atom. The molecule has 9 heteroatoms. The first-order valence-electron chi connectivity index (χ1n) is 7.51. The molecule has 1 aliphatic rings. The number of hydrogen-bond donors (Lipinski definition) is 1. The van der Waals surface area contributed by atoms with Gasteiger partial charge in [-0.25, -0.2) is 12.8 Å². The third-order valence-electron chi connectivity index (χ3n) is 4.13. The van der Waals surface area contributed by atoms with E-state index in [0.717, 1.165) is 28.6 Å². The van der Waals surface area contributed by atoms with Crippen molar-refractivity contribution in [3.63, 3.8) is 0 Å². The fourth-order valence-electron chi connectivity index (χ4n) is 2.58. The summed E-state index contributed by atoms with van der Waals surface area (Å²) in [4.78, 5) is 24.8. The zero-order chi connectivity index (χ0) is 17.9. The lowest BCUT2D eigenvalue weighted by atomic mass is 9.96. The standard InChI is InChI=1S/C15H20FN3O4S/c1-18(24(22,23)13-4-2-12(16)3-5-13)10-14(20)19-8-6-11(7-9-19)15(17)21/h2-5,11H,6-10H2,1H3,(H2,17,21). The van der Waals surface area contributed by atoms with Crippen LogP contribution in [0.5, 0.6) is 0 Å². The van der Waals surface area contributed by atoms with E-state index in [2.05, 4.69) is 0 Å². The largest absolute Gasteiger partial charge is 0.369 e. The molecule has 2 rings (SSSR count). The Morgan fingerprint density at radius 1 is 1.25 bits per heavy atom. The van der Waals surface area contributed by atoms with Crippen molar-refractivity contribution in [3.8, 4) is 0 Å². The van der Waals surface area contributed by atoms with Crippen LogP contribution in [0.3, 0.4) is 0 Å². The lowest BCUT2D eigenvalue weighted by Crippen LogP contribution is -2.46. The van der Waals surface area contributed by atoms with Crippen LogP contribution in [0.15, 0.2) is 29.2 Å². The average Bonchev–Trinajstić information content (AvgIpc) is 2.55. The second-order valence-electron chi connectivity index (χ2n) is 5.77. The van der Waals surface area contributed by atoms with Gasteiger partial charge in [0.1, 0.15) is 5.82 Å². The molecular formula is C15H20FN3O4S. The van der Waals surface area contributed by atoms with Gasteiger partial charge in [-0.3, -0.25) is 9.59 Å². The van der Waals surface area contributed by atoms with Gasteiger partial charge in [-0.15, -0.1) is 0 Å². The quantitative estimate of drug-likeness (QED) is 0.812. The Hall–Kier alpha value is -2.00. The van der Waals surface area contributed by atoms with Gasteiger partial charge in [-0.1, -0.05) is 0 Å². The van der Waals surface area contributed by atoms with Gasteiger partial charge in [0.05, 0.1) is 11.4 Å². The summed E-state index contributed by atoms with van der Waals surface area (Å²) in [5.41, 5.74) is 5.24. The molecule has 0 aliphatic carbocycles. The average molecular weight is 357 g/mol. The minimum atomic E-state index is -3.87. The number of nitrogens with zero attached hydrogens (tertiary/aromatic N) is 2. The zero-order valence-corrected chi connectivity index (χ0v) is 14.1. The molecule has 24 heavy (non-hydrogen) atoms. The summed E-state index contributed by atoms with van der Waals surface area (Å²) >= 11 is 0. The van der Waals surface area contributed by atoms with Crippen LogP contribution in [-0.4, -0.2) is 56.1 Å². The first-order chi connectivity index (χ1) is 11.2. The molecule has 0 atom stereocenters. The number of primary amides is 1. The van der Waals surface area contributed by atoms with Gasteiger partial charge in [0.2, 0.25) is 21.8 Å². The molecule has 1 aliphatic heterocycles. The lowest BCUT2D eigenvalue weighted by Gasteiger charge is -2.31. The number of amides is 2. The number of carbonyl (C=O) groups excluding carboxylic acids is 2. The fraction of sp³-hybridized carbons (Fsp3) is 0.467. The lowest BCUT2D eigenvalue weighted by molar-refractivity contribution is -0.134. The summed E-state index contributed by atoms with van der Waals surface area (Å²) in [5.74, 6) is -1.50. The molecule has 2 N–H and O–H groups in total. The van der Waals surface area contributed by atoms with Crippen molar-refractivity contribution in [2.75, 3.05) is 26.7 Å². The SMILES string of the molecule is CN(CC(=O)N1CCC(C(N)=O)CC1)S(=O)(=O)c1ccc(F)cc1. The molecule has 2 amide bonds. The van der Waals surface area contributed by atoms with Crippen molar-refractivity contribution in [1.82, 2.24) is 9.21 Å². The molecule has 0 bridgehead atoms. The first-order valence-corrected chi connectivity index (χ1v) is 8.95. The fourth-order valence-corrected chi connectivity index (χ4v) is 3.70. The van der Waals surface area contributed by atoms with E-state index in [1.807, 2.05) is 0 Å². The molecule has 1 aromatic carbocycles. The number of nitrogens with two attached hydrogens (primary N) is 1. The number of benzene rings is 1. The van der Waals surface area contributed by atoms with Crippen molar-refractivity contribution in [2.45, 2.75) is 17.7 Å². The van der Waals surface area contributed by atoms with Crippen LogP contribution in [-0.2, 0) is 19.6 Å². The van der Waals surface area contributed by atoms with Crippen LogP contribution in [0, 0.1) is 11.7 Å². The van der Waals surface area contributed by atoms with E-state index in [9.17, 15) is 22.4 Å². The zero-order valence-electron chi connectivity index (χ0n) is 13.3. The minimum Gasteiger partial charge on any atom is -0.369 e. The van der Waals surface area contributed by atoms with Crippen molar-refractivity contribution < 1.29 is 22.4 Å². The predicted octanol–water partition coefficient (Wildman–Crippen LogP) is 0.170. The molecule has 1 heterocycles. The summed E-state index contributed by atoms with van der Waals surface area (Å²) in [5, 5.41) is 0. The highest BCUT2D eigenvalue weighted by molar-refractivity contribution is 7.89. The van der Waals surface area contributed by atoms with Gasteiger partial charge in [0.25, 0.3) is 0 Å². The summed E-state index contributed by atoms with van der Waals surface area (Å²) in [6, 6.07) is 4.42. The van der Waals surface area contributed by atoms with E-state index < -0.39 is 15.8 Å². The maximum Gasteiger partial charge on any atom is 0.243 e. The Kier molecular flexibility index (Phi) is 5.55. The number of sulfonamides is 1. The molecule has 1 aromatic rings. The van der Waals surface area contributed by atoms with E-state index in [0.29, 0.717) is 25.9 Å². The molecule has 0 unspecified atom stereocenters. The van der Waals surface area contributed by atoms with E-state index in [-0.39, 0.29) is 29.2 Å².